The molecule has 4 heteroatoms. The van der Waals surface area contributed by atoms with E-state index in [1.165, 1.54) is 32.1 Å². The SMILES string of the molecule is COc1ccc(C2CNC(=O)C2)cc1OCCC1CCCCC1. The number of carbonyl (C=O) groups excluding carboxylic acids is 1. The lowest BCUT2D eigenvalue weighted by molar-refractivity contribution is -0.119. The van der Waals surface area contributed by atoms with Crippen LogP contribution in [-0.2, 0) is 4.79 Å². The van der Waals surface area contributed by atoms with Crippen LogP contribution in [-0.4, -0.2) is 26.2 Å². The molecule has 2 aliphatic rings. The third kappa shape index (κ3) is 4.18. The molecule has 2 fully saturated rings. The molecule has 4 nitrogen and oxygen atoms in total. The Morgan fingerprint density at radius 1 is 1.17 bits per heavy atom. The molecular weight excluding hydrogens is 290 g/mol. The minimum atomic E-state index is 0.130. The van der Waals surface area contributed by atoms with Gasteiger partial charge in [-0.25, -0.2) is 0 Å². The van der Waals surface area contributed by atoms with Gasteiger partial charge in [0.2, 0.25) is 5.91 Å². The van der Waals surface area contributed by atoms with Gasteiger partial charge in [-0.05, 0) is 30.0 Å². The average Bonchev–Trinajstić information content (AvgIpc) is 3.02. The number of amides is 1. The van der Waals surface area contributed by atoms with Crippen LogP contribution < -0.4 is 14.8 Å². The fraction of sp³-hybridized carbons (Fsp3) is 0.632. The summed E-state index contributed by atoms with van der Waals surface area (Å²) in [5.74, 6) is 2.77. The fourth-order valence-corrected chi connectivity index (χ4v) is 3.71. The molecule has 1 aromatic carbocycles. The van der Waals surface area contributed by atoms with Crippen molar-refractivity contribution in [3.8, 4) is 11.5 Å². The molecule has 1 unspecified atom stereocenters. The third-order valence-electron chi connectivity index (χ3n) is 5.14. The minimum Gasteiger partial charge on any atom is -0.493 e. The van der Waals surface area contributed by atoms with Gasteiger partial charge in [-0.1, -0.05) is 38.2 Å². The van der Waals surface area contributed by atoms with Crippen LogP contribution >= 0.6 is 0 Å². The molecule has 126 valence electrons. The van der Waals surface area contributed by atoms with Crippen LogP contribution in [0.4, 0.5) is 0 Å². The summed E-state index contributed by atoms with van der Waals surface area (Å²) >= 11 is 0. The number of methoxy groups -OCH3 is 1. The van der Waals surface area contributed by atoms with Crippen LogP contribution in [0.5, 0.6) is 11.5 Å². The minimum absolute atomic E-state index is 0.130. The molecule has 1 atom stereocenters. The molecule has 0 aromatic heterocycles. The lowest BCUT2D eigenvalue weighted by Gasteiger charge is -2.22. The van der Waals surface area contributed by atoms with Gasteiger partial charge >= 0.3 is 0 Å². The van der Waals surface area contributed by atoms with E-state index in [2.05, 4.69) is 5.32 Å². The second-order valence-corrected chi connectivity index (χ2v) is 6.76. The number of benzene rings is 1. The molecule has 1 aromatic rings. The van der Waals surface area contributed by atoms with Gasteiger partial charge in [0.25, 0.3) is 0 Å². The van der Waals surface area contributed by atoms with Crippen LogP contribution in [0.15, 0.2) is 18.2 Å². The van der Waals surface area contributed by atoms with E-state index in [0.717, 1.165) is 36.0 Å². The first-order chi connectivity index (χ1) is 11.3. The molecule has 1 amide bonds. The van der Waals surface area contributed by atoms with Crippen molar-refractivity contribution >= 4 is 5.91 Å². The normalized spacial score (nSPS) is 22.0. The van der Waals surface area contributed by atoms with E-state index in [0.29, 0.717) is 13.0 Å². The number of hydrogen-bond acceptors (Lipinski definition) is 3. The summed E-state index contributed by atoms with van der Waals surface area (Å²) in [5.41, 5.74) is 1.15. The fourth-order valence-electron chi connectivity index (χ4n) is 3.71. The van der Waals surface area contributed by atoms with E-state index in [4.69, 9.17) is 9.47 Å². The highest BCUT2D eigenvalue weighted by Crippen LogP contribution is 2.34. The van der Waals surface area contributed by atoms with Crippen molar-refractivity contribution in [1.82, 2.24) is 5.32 Å². The zero-order chi connectivity index (χ0) is 16.1. The quantitative estimate of drug-likeness (QED) is 0.871. The lowest BCUT2D eigenvalue weighted by Crippen LogP contribution is -2.13. The standard InChI is InChI=1S/C19H27NO3/c1-22-17-8-7-15(16-12-19(21)20-13-16)11-18(17)23-10-9-14-5-3-2-4-6-14/h7-8,11,14,16H,2-6,9-10,12-13H2,1H3,(H,20,21). The second-order valence-electron chi connectivity index (χ2n) is 6.76. The van der Waals surface area contributed by atoms with Gasteiger partial charge in [-0.3, -0.25) is 4.79 Å². The summed E-state index contributed by atoms with van der Waals surface area (Å²) in [4.78, 5) is 11.4. The smallest absolute Gasteiger partial charge is 0.220 e. The molecule has 1 heterocycles. The van der Waals surface area contributed by atoms with Gasteiger partial charge in [-0.2, -0.15) is 0 Å². The number of hydrogen-bond donors (Lipinski definition) is 1. The van der Waals surface area contributed by atoms with Gasteiger partial charge < -0.3 is 14.8 Å². The molecule has 1 aliphatic heterocycles. The third-order valence-corrected chi connectivity index (χ3v) is 5.14. The Morgan fingerprint density at radius 2 is 2.00 bits per heavy atom. The highest BCUT2D eigenvalue weighted by atomic mass is 16.5. The lowest BCUT2D eigenvalue weighted by atomic mass is 9.87. The van der Waals surface area contributed by atoms with Crippen LogP contribution in [0.1, 0.15) is 56.4 Å². The monoisotopic (exact) mass is 317 g/mol. The Labute approximate surface area is 138 Å². The van der Waals surface area contributed by atoms with E-state index in [1.807, 2.05) is 18.2 Å². The van der Waals surface area contributed by atoms with Crippen molar-refractivity contribution in [1.29, 1.82) is 0 Å². The predicted octanol–water partition coefficient (Wildman–Crippen LogP) is 3.65. The molecule has 1 N–H and O–H groups in total. The van der Waals surface area contributed by atoms with E-state index in [9.17, 15) is 4.79 Å². The van der Waals surface area contributed by atoms with Crippen molar-refractivity contribution in [2.24, 2.45) is 5.92 Å². The summed E-state index contributed by atoms with van der Waals surface area (Å²) in [6.45, 7) is 1.46. The van der Waals surface area contributed by atoms with Gasteiger partial charge in [0.1, 0.15) is 0 Å². The van der Waals surface area contributed by atoms with Crippen LogP contribution in [0, 0.1) is 5.92 Å². The molecule has 0 radical (unpaired) electrons. The Kier molecular flexibility index (Phi) is 5.42. The highest BCUT2D eigenvalue weighted by molar-refractivity contribution is 5.79. The molecule has 1 saturated heterocycles. The van der Waals surface area contributed by atoms with Crippen molar-refractivity contribution in [2.75, 3.05) is 20.3 Å². The first kappa shape index (κ1) is 16.2. The van der Waals surface area contributed by atoms with Gasteiger partial charge in [0.05, 0.1) is 13.7 Å². The number of nitrogens with one attached hydrogen (secondary N) is 1. The summed E-state index contributed by atoms with van der Waals surface area (Å²) < 4.78 is 11.4. The van der Waals surface area contributed by atoms with Gasteiger partial charge in [0.15, 0.2) is 11.5 Å². The summed E-state index contributed by atoms with van der Waals surface area (Å²) in [5, 5.41) is 2.89. The van der Waals surface area contributed by atoms with Crippen LogP contribution in [0.2, 0.25) is 0 Å². The van der Waals surface area contributed by atoms with Crippen LogP contribution in [0.25, 0.3) is 0 Å². The predicted molar refractivity (Wildman–Crippen MR) is 90.0 cm³/mol. The number of carbonyl (C=O) groups is 1. The maximum absolute atomic E-state index is 11.4. The van der Waals surface area contributed by atoms with Crippen molar-refractivity contribution < 1.29 is 14.3 Å². The Morgan fingerprint density at radius 3 is 2.70 bits per heavy atom. The summed E-state index contributed by atoms with van der Waals surface area (Å²) in [6, 6.07) is 6.04. The van der Waals surface area contributed by atoms with E-state index < -0.39 is 0 Å². The summed E-state index contributed by atoms with van der Waals surface area (Å²) in [7, 11) is 1.67. The Bertz CT molecular complexity index is 537. The van der Waals surface area contributed by atoms with E-state index in [-0.39, 0.29) is 11.8 Å². The van der Waals surface area contributed by atoms with Crippen LogP contribution in [0.3, 0.4) is 0 Å². The molecular formula is C19H27NO3. The van der Waals surface area contributed by atoms with Gasteiger partial charge in [-0.15, -0.1) is 0 Å². The van der Waals surface area contributed by atoms with E-state index in [1.54, 1.807) is 7.11 Å². The molecule has 23 heavy (non-hydrogen) atoms. The second kappa shape index (κ2) is 7.71. The Balaban J connectivity index is 1.60. The first-order valence-electron chi connectivity index (χ1n) is 8.83. The molecule has 1 saturated carbocycles. The van der Waals surface area contributed by atoms with Crippen molar-refractivity contribution in [3.63, 3.8) is 0 Å². The number of ether oxygens (including phenoxy) is 2. The molecule has 1 aliphatic carbocycles. The van der Waals surface area contributed by atoms with Crippen molar-refractivity contribution in [2.45, 2.75) is 50.9 Å². The maximum atomic E-state index is 11.4. The average molecular weight is 317 g/mol. The van der Waals surface area contributed by atoms with Crippen molar-refractivity contribution in [3.05, 3.63) is 23.8 Å². The Hall–Kier alpha value is -1.71. The molecule has 3 rings (SSSR count). The number of rotatable bonds is 6. The molecule has 0 bridgehead atoms. The largest absolute Gasteiger partial charge is 0.493 e. The molecule has 0 spiro atoms. The first-order valence-corrected chi connectivity index (χ1v) is 8.83. The maximum Gasteiger partial charge on any atom is 0.220 e. The zero-order valence-corrected chi connectivity index (χ0v) is 14.0. The zero-order valence-electron chi connectivity index (χ0n) is 14.0. The van der Waals surface area contributed by atoms with Gasteiger partial charge in [0, 0.05) is 18.9 Å². The summed E-state index contributed by atoms with van der Waals surface area (Å²) in [6.07, 6.45) is 8.50. The highest BCUT2D eigenvalue weighted by Gasteiger charge is 2.24. The topological polar surface area (TPSA) is 47.6 Å². The van der Waals surface area contributed by atoms with E-state index >= 15 is 0 Å².